The van der Waals surface area contributed by atoms with Crippen molar-refractivity contribution < 1.29 is 9.53 Å². The zero-order valence-electron chi connectivity index (χ0n) is 10.7. The average Bonchev–Trinajstić information content (AvgIpc) is 2.73. The minimum atomic E-state index is -0.00158. The lowest BCUT2D eigenvalue weighted by molar-refractivity contribution is -0.122. The Morgan fingerprint density at radius 3 is 2.94 bits per heavy atom. The van der Waals surface area contributed by atoms with Gasteiger partial charge in [0.05, 0.1) is 30.6 Å². The quantitative estimate of drug-likeness (QED) is 0.756. The Morgan fingerprint density at radius 2 is 2.35 bits per heavy atom. The first-order chi connectivity index (χ1) is 8.11. The van der Waals surface area contributed by atoms with Gasteiger partial charge >= 0.3 is 0 Å². The molecule has 0 unspecified atom stereocenters. The highest BCUT2D eigenvalue weighted by Crippen LogP contribution is 1.99. The molecule has 0 aromatic carbocycles. The van der Waals surface area contributed by atoms with Crippen LogP contribution in [0.25, 0.3) is 0 Å². The summed E-state index contributed by atoms with van der Waals surface area (Å²) in [6, 6.07) is 1.96. The minimum Gasteiger partial charge on any atom is -0.378 e. The van der Waals surface area contributed by atoms with Crippen molar-refractivity contribution in [1.82, 2.24) is 15.5 Å². The first-order valence-corrected chi connectivity index (χ1v) is 6.03. The topological polar surface area (TPSA) is 67.0 Å². The molecule has 5 nitrogen and oxygen atoms in total. The normalized spacial score (nSPS) is 10.8. The molecule has 17 heavy (non-hydrogen) atoms. The number of H-pyrrole nitrogens is 1. The Bertz CT molecular complexity index is 347. The maximum Gasteiger partial charge on any atom is 0.222 e. The van der Waals surface area contributed by atoms with Crippen LogP contribution < -0.4 is 5.32 Å². The zero-order valence-corrected chi connectivity index (χ0v) is 10.7. The molecule has 0 saturated heterocycles. The number of aromatic amines is 1. The van der Waals surface area contributed by atoms with Gasteiger partial charge in [-0.2, -0.15) is 5.10 Å². The molecule has 0 saturated carbocycles. The van der Waals surface area contributed by atoms with Gasteiger partial charge in [0.2, 0.25) is 5.91 Å². The fraction of sp³-hybridized carbons (Fsp3) is 0.667. The van der Waals surface area contributed by atoms with Gasteiger partial charge in [0.1, 0.15) is 0 Å². The Hall–Kier alpha value is -1.36. The summed E-state index contributed by atoms with van der Waals surface area (Å²) in [5, 5.41) is 9.81. The van der Waals surface area contributed by atoms with E-state index >= 15 is 0 Å². The second-order valence-electron chi connectivity index (χ2n) is 4.18. The van der Waals surface area contributed by atoms with Gasteiger partial charge in [-0.25, -0.2) is 0 Å². The Balaban J connectivity index is 2.19. The summed E-state index contributed by atoms with van der Waals surface area (Å²) in [7, 11) is 0. The number of ether oxygens (including phenoxy) is 1. The molecule has 96 valence electrons. The van der Waals surface area contributed by atoms with Gasteiger partial charge in [-0.3, -0.25) is 9.89 Å². The number of carbonyl (C=O) groups is 1. The SMILES string of the molecule is CCc1cc(CNC(=O)CCOC(C)C)[nH]n1. The van der Waals surface area contributed by atoms with E-state index in [1.54, 1.807) is 0 Å². The molecule has 1 heterocycles. The average molecular weight is 239 g/mol. The number of carbonyl (C=O) groups excluding carboxylic acids is 1. The predicted molar refractivity (Wildman–Crippen MR) is 65.5 cm³/mol. The summed E-state index contributed by atoms with van der Waals surface area (Å²) in [5.41, 5.74) is 1.94. The lowest BCUT2D eigenvalue weighted by atomic mass is 10.3. The molecule has 1 amide bonds. The van der Waals surface area contributed by atoms with Crippen molar-refractivity contribution in [2.24, 2.45) is 0 Å². The molecular formula is C12H21N3O2. The van der Waals surface area contributed by atoms with Crippen LogP contribution in [0.15, 0.2) is 6.07 Å². The third kappa shape index (κ3) is 5.49. The summed E-state index contributed by atoms with van der Waals surface area (Å²) >= 11 is 0. The van der Waals surface area contributed by atoms with Crippen LogP contribution in [0.5, 0.6) is 0 Å². The van der Waals surface area contributed by atoms with Crippen molar-refractivity contribution in [3.8, 4) is 0 Å². The van der Waals surface area contributed by atoms with E-state index in [2.05, 4.69) is 15.5 Å². The van der Waals surface area contributed by atoms with Crippen molar-refractivity contribution >= 4 is 5.91 Å². The largest absolute Gasteiger partial charge is 0.378 e. The van der Waals surface area contributed by atoms with Gasteiger partial charge in [0.25, 0.3) is 0 Å². The molecule has 0 radical (unpaired) electrons. The van der Waals surface area contributed by atoms with E-state index in [-0.39, 0.29) is 12.0 Å². The van der Waals surface area contributed by atoms with E-state index in [1.807, 2.05) is 26.8 Å². The molecule has 1 rings (SSSR count). The molecule has 0 bridgehead atoms. The van der Waals surface area contributed by atoms with Crippen LogP contribution in [-0.4, -0.2) is 28.8 Å². The zero-order chi connectivity index (χ0) is 12.7. The lowest BCUT2D eigenvalue weighted by Gasteiger charge is -2.07. The lowest BCUT2D eigenvalue weighted by Crippen LogP contribution is -2.24. The van der Waals surface area contributed by atoms with E-state index in [4.69, 9.17) is 4.74 Å². The van der Waals surface area contributed by atoms with Crippen molar-refractivity contribution in [1.29, 1.82) is 0 Å². The van der Waals surface area contributed by atoms with Crippen LogP contribution in [0.4, 0.5) is 0 Å². The summed E-state index contributed by atoms with van der Waals surface area (Å²) in [4.78, 5) is 11.4. The number of hydrogen-bond acceptors (Lipinski definition) is 3. The molecule has 0 atom stereocenters. The van der Waals surface area contributed by atoms with E-state index < -0.39 is 0 Å². The summed E-state index contributed by atoms with van der Waals surface area (Å²) in [6.45, 7) is 6.91. The molecule has 0 spiro atoms. The number of hydrogen-bond donors (Lipinski definition) is 2. The van der Waals surface area contributed by atoms with Crippen LogP contribution in [0, 0.1) is 0 Å². The molecule has 2 N–H and O–H groups in total. The molecule has 5 heteroatoms. The van der Waals surface area contributed by atoms with Gasteiger partial charge in [-0.1, -0.05) is 6.92 Å². The maximum absolute atomic E-state index is 11.4. The third-order valence-corrected chi connectivity index (χ3v) is 2.30. The molecule has 1 aromatic rings. The van der Waals surface area contributed by atoms with Gasteiger partial charge in [0, 0.05) is 6.42 Å². The number of amides is 1. The summed E-state index contributed by atoms with van der Waals surface area (Å²) in [5.74, 6) is -0.00158. The molecule has 0 aliphatic carbocycles. The van der Waals surface area contributed by atoms with E-state index in [9.17, 15) is 4.79 Å². The molecule has 0 aliphatic heterocycles. The number of rotatable bonds is 7. The summed E-state index contributed by atoms with van der Waals surface area (Å²) < 4.78 is 5.31. The van der Waals surface area contributed by atoms with Crippen LogP contribution >= 0.6 is 0 Å². The second-order valence-corrected chi connectivity index (χ2v) is 4.18. The van der Waals surface area contributed by atoms with E-state index in [0.717, 1.165) is 17.8 Å². The monoisotopic (exact) mass is 239 g/mol. The Morgan fingerprint density at radius 1 is 1.59 bits per heavy atom. The molecule has 0 aliphatic rings. The van der Waals surface area contributed by atoms with Crippen LogP contribution in [-0.2, 0) is 22.5 Å². The third-order valence-electron chi connectivity index (χ3n) is 2.30. The Kier molecular flexibility index (Phi) is 5.69. The minimum absolute atomic E-state index is 0.00158. The predicted octanol–water partition coefficient (Wildman–Crippen LogP) is 1.40. The second kappa shape index (κ2) is 7.06. The van der Waals surface area contributed by atoms with Crippen molar-refractivity contribution in [3.05, 3.63) is 17.5 Å². The van der Waals surface area contributed by atoms with Crippen LogP contribution in [0.2, 0.25) is 0 Å². The highest BCUT2D eigenvalue weighted by molar-refractivity contribution is 5.75. The van der Waals surface area contributed by atoms with Crippen molar-refractivity contribution in [2.75, 3.05) is 6.61 Å². The van der Waals surface area contributed by atoms with Gasteiger partial charge in [0.15, 0.2) is 0 Å². The number of nitrogens with one attached hydrogen (secondary N) is 2. The number of aromatic nitrogens is 2. The molecular weight excluding hydrogens is 218 g/mol. The highest BCUT2D eigenvalue weighted by atomic mass is 16.5. The van der Waals surface area contributed by atoms with E-state index in [1.165, 1.54) is 0 Å². The maximum atomic E-state index is 11.4. The van der Waals surface area contributed by atoms with Crippen LogP contribution in [0.1, 0.15) is 38.6 Å². The fourth-order valence-corrected chi connectivity index (χ4v) is 1.35. The highest BCUT2D eigenvalue weighted by Gasteiger charge is 2.04. The van der Waals surface area contributed by atoms with Gasteiger partial charge in [-0.15, -0.1) is 0 Å². The van der Waals surface area contributed by atoms with Crippen molar-refractivity contribution in [2.45, 2.75) is 46.3 Å². The summed E-state index contributed by atoms with van der Waals surface area (Å²) in [6.07, 6.45) is 1.46. The molecule has 0 fully saturated rings. The Labute approximate surface area is 102 Å². The number of nitrogens with zero attached hydrogens (tertiary/aromatic N) is 1. The first-order valence-electron chi connectivity index (χ1n) is 6.03. The first kappa shape index (κ1) is 13.7. The standard InChI is InChI=1S/C12H21N3O2/c1-4-10-7-11(15-14-10)8-13-12(16)5-6-17-9(2)3/h7,9H,4-6,8H2,1-3H3,(H,13,16)(H,14,15). The van der Waals surface area contributed by atoms with Gasteiger partial charge < -0.3 is 10.1 Å². The fourth-order valence-electron chi connectivity index (χ4n) is 1.35. The van der Waals surface area contributed by atoms with Crippen molar-refractivity contribution in [3.63, 3.8) is 0 Å². The molecule has 1 aromatic heterocycles. The van der Waals surface area contributed by atoms with E-state index in [0.29, 0.717) is 19.6 Å². The number of aryl methyl sites for hydroxylation is 1. The smallest absolute Gasteiger partial charge is 0.222 e. The van der Waals surface area contributed by atoms with Crippen LogP contribution in [0.3, 0.4) is 0 Å². The van der Waals surface area contributed by atoms with Gasteiger partial charge in [-0.05, 0) is 26.3 Å².